The van der Waals surface area contributed by atoms with Crippen molar-refractivity contribution in [1.82, 2.24) is 10.2 Å². The van der Waals surface area contributed by atoms with Gasteiger partial charge in [0, 0.05) is 22.5 Å². The average Bonchev–Trinajstić information content (AvgIpc) is 3.30. The number of urea groups is 1. The van der Waals surface area contributed by atoms with Gasteiger partial charge < -0.3 is 4.74 Å². The second-order valence-electron chi connectivity index (χ2n) is 7.87. The predicted molar refractivity (Wildman–Crippen MR) is 115 cm³/mol. The fourth-order valence-electron chi connectivity index (χ4n) is 4.64. The molecular formula is C21H20Br2N2O5. The monoisotopic (exact) mass is 538 g/mol. The van der Waals surface area contributed by atoms with Gasteiger partial charge in [0.1, 0.15) is 5.57 Å². The minimum Gasteiger partial charge on any atom is -0.425 e. The van der Waals surface area contributed by atoms with Gasteiger partial charge in [-0.1, -0.05) is 29.3 Å². The number of nitrogens with one attached hydrogen (secondary N) is 1. The van der Waals surface area contributed by atoms with E-state index in [0.29, 0.717) is 26.3 Å². The SMILES string of the molecule is CCC(=O)Oc1c(Br)cc(Br)cc1/C=C1/C(=O)NC(=O)N([C@@H]2C[C@H]3CC[C@H]2C3)C1=O. The summed E-state index contributed by atoms with van der Waals surface area (Å²) in [5.41, 5.74) is 0.218. The number of hydrogen-bond donors (Lipinski definition) is 1. The molecular weight excluding hydrogens is 520 g/mol. The van der Waals surface area contributed by atoms with Crippen LogP contribution in [0.5, 0.6) is 5.75 Å². The standard InChI is InChI=1S/C21H20Br2N2O5/c1-2-17(26)30-18-12(7-13(22)9-15(18)23)8-14-19(27)24-21(29)25(20(14)28)16-6-10-3-4-11(16)5-10/h7-11,16H,2-6H2,1H3,(H,24,27,29)/b14-8-/t10-,11-,16+/m0/s1. The normalized spacial score (nSPS) is 27.0. The Kier molecular flexibility index (Phi) is 5.85. The topological polar surface area (TPSA) is 92.8 Å². The van der Waals surface area contributed by atoms with Crippen LogP contribution >= 0.6 is 31.9 Å². The fraction of sp³-hybridized carbons (Fsp3) is 0.429. The van der Waals surface area contributed by atoms with Crippen LogP contribution in [0.1, 0.15) is 44.6 Å². The van der Waals surface area contributed by atoms with E-state index >= 15 is 0 Å². The quantitative estimate of drug-likeness (QED) is 0.268. The Morgan fingerprint density at radius 3 is 2.63 bits per heavy atom. The summed E-state index contributed by atoms with van der Waals surface area (Å²) >= 11 is 6.73. The van der Waals surface area contributed by atoms with Gasteiger partial charge in [0.15, 0.2) is 5.75 Å². The van der Waals surface area contributed by atoms with Gasteiger partial charge in [0.2, 0.25) is 0 Å². The Morgan fingerprint density at radius 1 is 1.23 bits per heavy atom. The molecule has 1 aromatic rings. The summed E-state index contributed by atoms with van der Waals surface area (Å²) in [6, 6.07) is 2.51. The van der Waals surface area contributed by atoms with E-state index in [1.807, 2.05) is 0 Å². The van der Waals surface area contributed by atoms with E-state index in [9.17, 15) is 19.2 Å². The molecule has 9 heteroatoms. The summed E-state index contributed by atoms with van der Waals surface area (Å²) in [4.78, 5) is 51.3. The fourth-order valence-corrected chi connectivity index (χ4v) is 5.98. The summed E-state index contributed by atoms with van der Waals surface area (Å²) < 4.78 is 6.57. The molecule has 0 aromatic heterocycles. The van der Waals surface area contributed by atoms with Crippen molar-refractivity contribution in [2.75, 3.05) is 0 Å². The number of carbonyl (C=O) groups is 4. The van der Waals surface area contributed by atoms with Crippen LogP contribution in [0.4, 0.5) is 4.79 Å². The van der Waals surface area contributed by atoms with E-state index in [0.717, 1.165) is 25.7 Å². The first-order chi connectivity index (χ1) is 14.3. The van der Waals surface area contributed by atoms with Gasteiger partial charge in [-0.15, -0.1) is 0 Å². The molecule has 158 valence electrons. The Morgan fingerprint density at radius 2 is 2.00 bits per heavy atom. The molecule has 4 rings (SSSR count). The number of hydrogen-bond acceptors (Lipinski definition) is 5. The maximum Gasteiger partial charge on any atom is 0.331 e. The van der Waals surface area contributed by atoms with E-state index in [-0.39, 0.29) is 23.8 Å². The lowest BCUT2D eigenvalue weighted by Gasteiger charge is -2.35. The highest BCUT2D eigenvalue weighted by Gasteiger charge is 2.49. The Labute approximate surface area is 190 Å². The Bertz CT molecular complexity index is 990. The first-order valence-corrected chi connectivity index (χ1v) is 11.5. The lowest BCUT2D eigenvalue weighted by molar-refractivity contribution is -0.134. The molecule has 1 aliphatic heterocycles. The molecule has 1 saturated heterocycles. The van der Waals surface area contributed by atoms with Gasteiger partial charge in [0.05, 0.1) is 4.47 Å². The molecule has 1 heterocycles. The molecule has 4 amide bonds. The number of benzene rings is 1. The van der Waals surface area contributed by atoms with Crippen molar-refractivity contribution in [3.05, 3.63) is 32.2 Å². The number of fused-ring (bicyclic) bond motifs is 2. The highest BCUT2D eigenvalue weighted by Crippen LogP contribution is 2.47. The number of nitrogens with zero attached hydrogens (tertiary/aromatic N) is 1. The molecule has 0 spiro atoms. The van der Waals surface area contributed by atoms with E-state index in [4.69, 9.17) is 4.74 Å². The van der Waals surface area contributed by atoms with E-state index < -0.39 is 23.8 Å². The van der Waals surface area contributed by atoms with Crippen LogP contribution in [0.15, 0.2) is 26.7 Å². The number of halogens is 2. The lowest BCUT2D eigenvalue weighted by Crippen LogP contribution is -2.58. The second-order valence-corrected chi connectivity index (χ2v) is 9.64. The van der Waals surface area contributed by atoms with Crippen LogP contribution in [0, 0.1) is 11.8 Å². The minimum absolute atomic E-state index is 0.156. The maximum absolute atomic E-state index is 13.2. The summed E-state index contributed by atoms with van der Waals surface area (Å²) in [5, 5.41) is 2.29. The molecule has 2 aliphatic carbocycles. The number of rotatable bonds is 4. The third-order valence-corrected chi connectivity index (χ3v) is 7.05. The third kappa shape index (κ3) is 3.85. The summed E-state index contributed by atoms with van der Waals surface area (Å²) in [7, 11) is 0. The number of barbiturate groups is 1. The molecule has 2 bridgehead atoms. The number of carbonyl (C=O) groups excluding carboxylic acids is 4. The number of esters is 1. The highest BCUT2D eigenvalue weighted by molar-refractivity contribution is 9.11. The molecule has 7 nitrogen and oxygen atoms in total. The van der Waals surface area contributed by atoms with Crippen molar-refractivity contribution < 1.29 is 23.9 Å². The zero-order valence-corrected chi connectivity index (χ0v) is 19.4. The predicted octanol–water partition coefficient (Wildman–Crippen LogP) is 4.18. The van der Waals surface area contributed by atoms with Crippen LogP contribution in [0.2, 0.25) is 0 Å². The van der Waals surface area contributed by atoms with E-state index in [2.05, 4.69) is 37.2 Å². The van der Waals surface area contributed by atoms with Crippen molar-refractivity contribution in [2.24, 2.45) is 11.8 Å². The molecule has 30 heavy (non-hydrogen) atoms. The van der Waals surface area contributed by atoms with Gasteiger partial charge in [-0.2, -0.15) is 0 Å². The molecule has 0 unspecified atom stereocenters. The van der Waals surface area contributed by atoms with Crippen molar-refractivity contribution in [3.63, 3.8) is 0 Å². The smallest absolute Gasteiger partial charge is 0.331 e. The van der Waals surface area contributed by atoms with E-state index in [1.165, 1.54) is 11.0 Å². The zero-order valence-electron chi connectivity index (χ0n) is 16.2. The summed E-state index contributed by atoms with van der Waals surface area (Å²) in [6.07, 6.45) is 5.47. The van der Waals surface area contributed by atoms with Gasteiger partial charge >= 0.3 is 12.0 Å². The molecule has 2 saturated carbocycles. The van der Waals surface area contributed by atoms with E-state index in [1.54, 1.807) is 19.1 Å². The van der Waals surface area contributed by atoms with Crippen LogP contribution in [0.25, 0.3) is 6.08 Å². The van der Waals surface area contributed by atoms with Gasteiger partial charge in [-0.05, 0) is 65.2 Å². The summed E-state index contributed by atoms with van der Waals surface area (Å²) in [6.45, 7) is 1.67. The van der Waals surface area contributed by atoms with Gasteiger partial charge in [0.25, 0.3) is 11.8 Å². The molecule has 1 aromatic carbocycles. The van der Waals surface area contributed by atoms with Crippen molar-refractivity contribution in [3.8, 4) is 5.75 Å². The molecule has 3 fully saturated rings. The molecule has 3 aliphatic rings. The molecule has 1 N–H and O–H groups in total. The molecule has 3 atom stereocenters. The first-order valence-electron chi connectivity index (χ1n) is 9.88. The molecule has 0 radical (unpaired) electrons. The Hall–Kier alpha value is -2.00. The van der Waals surface area contributed by atoms with Crippen molar-refractivity contribution >= 4 is 61.8 Å². The highest BCUT2D eigenvalue weighted by atomic mass is 79.9. The average molecular weight is 540 g/mol. The van der Waals surface area contributed by atoms with Crippen LogP contribution < -0.4 is 10.1 Å². The zero-order chi connectivity index (χ0) is 21.6. The summed E-state index contributed by atoms with van der Waals surface area (Å²) in [5.74, 6) is -0.775. The maximum atomic E-state index is 13.2. The lowest BCUT2D eigenvalue weighted by atomic mass is 9.93. The number of imide groups is 2. The minimum atomic E-state index is -0.756. The third-order valence-electron chi connectivity index (χ3n) is 6.01. The van der Waals surface area contributed by atoms with Gasteiger partial charge in [-0.3, -0.25) is 24.6 Å². The van der Waals surface area contributed by atoms with Crippen LogP contribution in [-0.4, -0.2) is 34.8 Å². The van der Waals surface area contributed by atoms with Crippen LogP contribution in [0.3, 0.4) is 0 Å². The Balaban J connectivity index is 1.72. The van der Waals surface area contributed by atoms with Crippen molar-refractivity contribution in [2.45, 2.75) is 45.1 Å². The van der Waals surface area contributed by atoms with Crippen molar-refractivity contribution in [1.29, 1.82) is 0 Å². The number of amides is 4. The number of ether oxygens (including phenoxy) is 1. The second kappa shape index (κ2) is 8.26. The largest absolute Gasteiger partial charge is 0.425 e. The van der Waals surface area contributed by atoms with Crippen LogP contribution in [-0.2, 0) is 14.4 Å². The first kappa shape index (κ1) is 21.2. The van der Waals surface area contributed by atoms with Gasteiger partial charge in [-0.25, -0.2) is 4.79 Å².